The third kappa shape index (κ3) is 5.02. The molecule has 1 saturated heterocycles. The summed E-state index contributed by atoms with van der Waals surface area (Å²) in [7, 11) is -2.18. The molecule has 0 radical (unpaired) electrons. The van der Waals surface area contributed by atoms with Crippen LogP contribution < -0.4 is 14.9 Å². The number of halogens is 1. The van der Waals surface area contributed by atoms with E-state index in [1.54, 1.807) is 12.1 Å². The molecule has 0 aliphatic carbocycles. The van der Waals surface area contributed by atoms with Gasteiger partial charge >= 0.3 is 0 Å². The van der Waals surface area contributed by atoms with E-state index in [1.807, 2.05) is 0 Å². The molecule has 1 aliphatic rings. The summed E-state index contributed by atoms with van der Waals surface area (Å²) < 4.78 is 40.3. The fraction of sp³-hybridized carbons (Fsp3) is 0.304. The van der Waals surface area contributed by atoms with Crippen molar-refractivity contribution in [3.8, 4) is 5.75 Å². The van der Waals surface area contributed by atoms with Gasteiger partial charge in [-0.1, -0.05) is 6.07 Å². The molecule has 4 rings (SSSR count). The highest BCUT2D eigenvalue weighted by Crippen LogP contribution is 2.35. The van der Waals surface area contributed by atoms with Crippen LogP contribution in [0.5, 0.6) is 5.75 Å². The SMILES string of the molecule is CNC(=O)Cc1cc(F)ccc1CNC(=O)c1nc(N2CCCCS2(=O)=O)c2cccnc2c1O. The third-order valence-corrected chi connectivity index (χ3v) is 7.58. The number of aromatic nitrogens is 2. The van der Waals surface area contributed by atoms with Crippen molar-refractivity contribution in [1.82, 2.24) is 20.6 Å². The molecule has 2 aromatic heterocycles. The summed E-state index contributed by atoms with van der Waals surface area (Å²) in [5, 5.41) is 16.1. The second kappa shape index (κ2) is 9.82. The predicted octanol–water partition coefficient (Wildman–Crippen LogP) is 1.62. The smallest absolute Gasteiger partial charge is 0.274 e. The molecule has 3 heterocycles. The van der Waals surface area contributed by atoms with Crippen molar-refractivity contribution in [3.63, 3.8) is 0 Å². The maximum absolute atomic E-state index is 13.7. The molecule has 3 aromatic rings. The van der Waals surface area contributed by atoms with Crippen LogP contribution in [0.3, 0.4) is 0 Å². The Labute approximate surface area is 201 Å². The fourth-order valence-corrected chi connectivity index (χ4v) is 5.53. The molecule has 10 nitrogen and oxygen atoms in total. The standard InChI is InChI=1S/C23H24FN5O5S/c1-25-18(30)12-15-11-16(24)7-6-14(15)13-27-23(32)20-21(31)19-17(5-4-8-26-19)22(28-20)29-9-2-3-10-35(29,33)34/h4-8,11,31H,2-3,9-10,12-13H2,1H3,(H,25,30)(H,27,32). The Balaban J connectivity index is 1.69. The number of carbonyl (C=O) groups excluding carboxylic acids is 2. The van der Waals surface area contributed by atoms with Gasteiger partial charge in [0.1, 0.15) is 11.3 Å². The first kappa shape index (κ1) is 24.3. The van der Waals surface area contributed by atoms with Gasteiger partial charge in [-0.25, -0.2) is 17.8 Å². The van der Waals surface area contributed by atoms with Gasteiger partial charge in [-0.3, -0.25) is 18.9 Å². The topological polar surface area (TPSA) is 142 Å². The number of fused-ring (bicyclic) bond motifs is 1. The molecule has 0 spiro atoms. The normalized spacial score (nSPS) is 15.1. The van der Waals surface area contributed by atoms with Crippen LogP contribution >= 0.6 is 0 Å². The highest BCUT2D eigenvalue weighted by molar-refractivity contribution is 7.92. The maximum atomic E-state index is 13.7. The van der Waals surface area contributed by atoms with Crippen molar-refractivity contribution in [2.45, 2.75) is 25.8 Å². The summed E-state index contributed by atoms with van der Waals surface area (Å²) in [4.78, 5) is 33.2. The molecule has 0 unspecified atom stereocenters. The molecule has 0 atom stereocenters. The van der Waals surface area contributed by atoms with Crippen molar-refractivity contribution in [2.75, 3.05) is 23.7 Å². The largest absolute Gasteiger partial charge is 0.504 e. The van der Waals surface area contributed by atoms with Crippen LogP contribution in [-0.2, 0) is 27.8 Å². The lowest BCUT2D eigenvalue weighted by Gasteiger charge is -2.28. The third-order valence-electron chi connectivity index (χ3n) is 5.75. The van der Waals surface area contributed by atoms with Crippen LogP contribution in [0.4, 0.5) is 10.2 Å². The number of nitrogens with one attached hydrogen (secondary N) is 2. The van der Waals surface area contributed by atoms with Gasteiger partial charge in [0.15, 0.2) is 17.3 Å². The number of rotatable bonds is 6. The Morgan fingerprint density at radius 1 is 1.20 bits per heavy atom. The molecular weight excluding hydrogens is 477 g/mol. The molecule has 1 aliphatic heterocycles. The van der Waals surface area contributed by atoms with Crippen molar-refractivity contribution < 1.29 is 27.5 Å². The number of benzene rings is 1. The molecule has 12 heteroatoms. The molecule has 1 aromatic carbocycles. The van der Waals surface area contributed by atoms with Crippen molar-refractivity contribution >= 4 is 38.6 Å². The minimum atomic E-state index is -3.65. The lowest BCUT2D eigenvalue weighted by atomic mass is 10.0. The Hall–Kier alpha value is -3.80. The lowest BCUT2D eigenvalue weighted by molar-refractivity contribution is -0.119. The summed E-state index contributed by atoms with van der Waals surface area (Å²) in [5.74, 6) is -2.13. The van der Waals surface area contributed by atoms with E-state index in [2.05, 4.69) is 20.6 Å². The number of pyridine rings is 2. The van der Waals surface area contributed by atoms with Gasteiger partial charge in [-0.2, -0.15) is 0 Å². The van der Waals surface area contributed by atoms with E-state index in [9.17, 15) is 27.5 Å². The van der Waals surface area contributed by atoms with E-state index < -0.39 is 27.5 Å². The van der Waals surface area contributed by atoms with E-state index in [-0.39, 0.29) is 48.2 Å². The zero-order chi connectivity index (χ0) is 25.2. The van der Waals surface area contributed by atoms with Crippen molar-refractivity contribution in [2.24, 2.45) is 0 Å². The Bertz CT molecular complexity index is 1410. The zero-order valence-corrected chi connectivity index (χ0v) is 19.7. The van der Waals surface area contributed by atoms with Gasteiger partial charge in [0.2, 0.25) is 15.9 Å². The van der Waals surface area contributed by atoms with Crippen LogP contribution in [0.25, 0.3) is 10.9 Å². The number of nitrogens with zero attached hydrogens (tertiary/aromatic N) is 3. The van der Waals surface area contributed by atoms with Gasteiger partial charge in [0, 0.05) is 31.7 Å². The second-order valence-corrected chi connectivity index (χ2v) is 10.1. The quantitative estimate of drug-likeness (QED) is 0.466. The summed E-state index contributed by atoms with van der Waals surface area (Å²) >= 11 is 0. The molecule has 0 saturated carbocycles. The molecular formula is C23H24FN5O5S. The minimum absolute atomic E-state index is 0.0258. The van der Waals surface area contributed by atoms with E-state index in [0.29, 0.717) is 29.4 Å². The number of anilines is 1. The first-order valence-electron chi connectivity index (χ1n) is 11.0. The van der Waals surface area contributed by atoms with Gasteiger partial charge in [0.25, 0.3) is 5.91 Å². The first-order valence-corrected chi connectivity index (χ1v) is 12.6. The number of aromatic hydroxyl groups is 1. The predicted molar refractivity (Wildman–Crippen MR) is 127 cm³/mol. The van der Waals surface area contributed by atoms with Crippen LogP contribution in [-0.4, -0.2) is 54.7 Å². The van der Waals surface area contributed by atoms with Gasteiger partial charge < -0.3 is 15.7 Å². The minimum Gasteiger partial charge on any atom is -0.504 e. The number of sulfonamides is 1. The van der Waals surface area contributed by atoms with E-state index >= 15 is 0 Å². The number of hydrogen-bond donors (Lipinski definition) is 3. The first-order chi connectivity index (χ1) is 16.7. The molecule has 3 N–H and O–H groups in total. The van der Waals surface area contributed by atoms with E-state index in [0.717, 1.165) is 4.31 Å². The monoisotopic (exact) mass is 501 g/mol. The van der Waals surface area contributed by atoms with E-state index in [4.69, 9.17) is 0 Å². The van der Waals surface area contributed by atoms with Gasteiger partial charge in [0.05, 0.1) is 12.2 Å². The van der Waals surface area contributed by atoms with Crippen molar-refractivity contribution in [1.29, 1.82) is 0 Å². The zero-order valence-electron chi connectivity index (χ0n) is 18.9. The Kier molecular flexibility index (Phi) is 6.83. The number of hydrogen-bond acceptors (Lipinski definition) is 7. The highest BCUT2D eigenvalue weighted by Gasteiger charge is 2.31. The van der Waals surface area contributed by atoms with Crippen LogP contribution in [0.1, 0.15) is 34.5 Å². The molecule has 1 fully saturated rings. The molecule has 0 bridgehead atoms. The lowest BCUT2D eigenvalue weighted by Crippen LogP contribution is -2.39. The van der Waals surface area contributed by atoms with Crippen LogP contribution in [0.15, 0.2) is 36.5 Å². The average Bonchev–Trinajstić information content (AvgIpc) is 2.84. The molecule has 184 valence electrons. The maximum Gasteiger partial charge on any atom is 0.274 e. The Morgan fingerprint density at radius 3 is 2.74 bits per heavy atom. The fourth-order valence-electron chi connectivity index (χ4n) is 3.93. The number of likely N-dealkylation sites (N-methyl/N-ethyl adjacent to an activating group) is 1. The number of amides is 2. The van der Waals surface area contributed by atoms with Gasteiger partial charge in [-0.05, 0) is 48.2 Å². The highest BCUT2D eigenvalue weighted by atomic mass is 32.2. The second-order valence-electron chi connectivity index (χ2n) is 8.07. The summed E-state index contributed by atoms with van der Waals surface area (Å²) in [6, 6.07) is 7.05. The van der Waals surface area contributed by atoms with Gasteiger partial charge in [-0.15, -0.1) is 0 Å². The van der Waals surface area contributed by atoms with Crippen LogP contribution in [0, 0.1) is 5.82 Å². The Morgan fingerprint density at radius 2 is 2.00 bits per heavy atom. The summed E-state index contributed by atoms with van der Waals surface area (Å²) in [5.41, 5.74) is 0.551. The molecule has 35 heavy (non-hydrogen) atoms. The van der Waals surface area contributed by atoms with Crippen LogP contribution in [0.2, 0.25) is 0 Å². The average molecular weight is 502 g/mol. The summed E-state index contributed by atoms with van der Waals surface area (Å²) in [6.07, 6.45) is 2.49. The summed E-state index contributed by atoms with van der Waals surface area (Å²) in [6.45, 7) is 0.119. The molecule has 2 amide bonds. The van der Waals surface area contributed by atoms with Crippen molar-refractivity contribution in [3.05, 3.63) is 59.2 Å². The number of carbonyl (C=O) groups is 2. The van der Waals surface area contributed by atoms with E-state index in [1.165, 1.54) is 31.4 Å².